The first-order valence-electron chi connectivity index (χ1n) is 12.5. The number of hydrogen-bond acceptors (Lipinski definition) is 8. The third-order valence-corrected chi connectivity index (χ3v) is 7.69. The van der Waals surface area contributed by atoms with Crippen LogP contribution in [0.25, 0.3) is 0 Å². The van der Waals surface area contributed by atoms with Gasteiger partial charge in [-0.05, 0) is 18.9 Å². The molecule has 36 heavy (non-hydrogen) atoms. The van der Waals surface area contributed by atoms with Crippen molar-refractivity contribution in [3.05, 3.63) is 12.2 Å². The van der Waals surface area contributed by atoms with E-state index in [4.69, 9.17) is 9.47 Å². The Morgan fingerprint density at radius 3 is 2.39 bits per heavy atom. The zero-order valence-electron chi connectivity index (χ0n) is 20.4. The molecule has 3 heterocycles. The maximum atomic E-state index is 11.9. The van der Waals surface area contributed by atoms with Gasteiger partial charge < -0.3 is 40.7 Å². The molecule has 2 saturated heterocycles. The van der Waals surface area contributed by atoms with Crippen LogP contribution in [-0.4, -0.2) is 109 Å². The van der Waals surface area contributed by atoms with E-state index in [-0.39, 0.29) is 48.8 Å². The standard InChI is InChI=1S/C23H37N5O7S/c29-18(4-2-1-3-17-22-16(15-36-17)26-23(33)27-22)24-8-11-34-13-14-35-12-9-25-19(30)7-10-28-20(31)5-6-21(28)32/h5-6,16-17,20,22,31H,1-4,7-15H2,(H,24,29)(H,25,30)(H2,26,27,33). The first kappa shape index (κ1) is 28.2. The molecule has 4 unspecified atom stereocenters. The number of aliphatic hydroxyl groups excluding tert-OH is 1. The maximum Gasteiger partial charge on any atom is 0.315 e. The topological polar surface area (TPSA) is 158 Å². The molecule has 12 nitrogen and oxygen atoms in total. The highest BCUT2D eigenvalue weighted by Crippen LogP contribution is 2.33. The van der Waals surface area contributed by atoms with Crippen LogP contribution in [0.4, 0.5) is 4.79 Å². The van der Waals surface area contributed by atoms with Gasteiger partial charge in [-0.25, -0.2) is 4.79 Å². The molecule has 3 aliphatic rings. The van der Waals surface area contributed by atoms with Gasteiger partial charge in [-0.2, -0.15) is 11.8 Å². The molecule has 4 atom stereocenters. The van der Waals surface area contributed by atoms with Gasteiger partial charge in [-0.15, -0.1) is 0 Å². The quantitative estimate of drug-likeness (QED) is 0.120. The van der Waals surface area contributed by atoms with Gasteiger partial charge in [0.05, 0.1) is 38.5 Å². The Hall–Kier alpha value is -2.35. The van der Waals surface area contributed by atoms with E-state index in [2.05, 4.69) is 21.3 Å². The number of thioether (sulfide) groups is 1. The molecule has 0 aromatic heterocycles. The van der Waals surface area contributed by atoms with Crippen LogP contribution in [0.5, 0.6) is 0 Å². The van der Waals surface area contributed by atoms with Crippen molar-refractivity contribution >= 4 is 35.5 Å². The number of unbranched alkanes of at least 4 members (excludes halogenated alkanes) is 1. The van der Waals surface area contributed by atoms with Crippen molar-refractivity contribution in [2.24, 2.45) is 0 Å². The van der Waals surface area contributed by atoms with E-state index < -0.39 is 6.23 Å². The van der Waals surface area contributed by atoms with Gasteiger partial charge in [-0.3, -0.25) is 14.4 Å². The SMILES string of the molecule is O=C(CCCCC1SCC2NC(=O)NC21)NCCOCCOCCNC(=O)CCN1C(=O)C=CC1O. The first-order valence-corrected chi connectivity index (χ1v) is 13.5. The molecule has 3 rings (SSSR count). The molecular weight excluding hydrogens is 490 g/mol. The fraction of sp³-hybridized carbons (Fsp3) is 0.739. The van der Waals surface area contributed by atoms with Gasteiger partial charge in [0.25, 0.3) is 0 Å². The summed E-state index contributed by atoms with van der Waals surface area (Å²) in [5, 5.41) is 21.5. The van der Waals surface area contributed by atoms with Gasteiger partial charge in [0.1, 0.15) is 6.23 Å². The van der Waals surface area contributed by atoms with Gasteiger partial charge in [0.2, 0.25) is 17.7 Å². The van der Waals surface area contributed by atoms with Gasteiger partial charge in [-0.1, -0.05) is 6.42 Å². The number of urea groups is 1. The molecule has 5 N–H and O–H groups in total. The third kappa shape index (κ3) is 9.26. The molecular formula is C23H37N5O7S. The minimum absolute atomic E-state index is 0.0123. The Bertz CT molecular complexity index is 799. The summed E-state index contributed by atoms with van der Waals surface area (Å²) >= 11 is 1.89. The average molecular weight is 528 g/mol. The lowest BCUT2D eigenvalue weighted by Crippen LogP contribution is -2.37. The number of nitrogens with one attached hydrogen (secondary N) is 4. The maximum absolute atomic E-state index is 11.9. The van der Waals surface area contributed by atoms with Crippen LogP contribution < -0.4 is 21.3 Å². The van der Waals surface area contributed by atoms with Gasteiger partial charge in [0.15, 0.2) is 0 Å². The van der Waals surface area contributed by atoms with Crippen molar-refractivity contribution in [3.8, 4) is 0 Å². The van der Waals surface area contributed by atoms with Crippen LogP contribution in [0.15, 0.2) is 12.2 Å². The first-order chi connectivity index (χ1) is 17.4. The molecule has 3 aliphatic heterocycles. The molecule has 0 aromatic rings. The summed E-state index contributed by atoms with van der Waals surface area (Å²) in [5.41, 5.74) is 0. The van der Waals surface area contributed by atoms with Crippen molar-refractivity contribution in [1.29, 1.82) is 0 Å². The van der Waals surface area contributed by atoms with Gasteiger partial charge >= 0.3 is 6.03 Å². The van der Waals surface area contributed by atoms with Crippen LogP contribution in [-0.2, 0) is 23.9 Å². The van der Waals surface area contributed by atoms with Crippen LogP contribution in [0, 0.1) is 0 Å². The fourth-order valence-electron chi connectivity index (χ4n) is 4.26. The number of carbonyl (C=O) groups is 4. The molecule has 0 radical (unpaired) electrons. The largest absolute Gasteiger partial charge is 0.377 e. The lowest BCUT2D eigenvalue weighted by Gasteiger charge is -2.19. The highest BCUT2D eigenvalue weighted by Gasteiger charge is 2.42. The number of aliphatic hydroxyl groups is 1. The summed E-state index contributed by atoms with van der Waals surface area (Å²) in [6, 6.07) is 0.375. The van der Waals surface area contributed by atoms with Crippen LogP contribution >= 0.6 is 11.8 Å². The molecule has 0 aliphatic carbocycles. The van der Waals surface area contributed by atoms with E-state index in [0.717, 1.165) is 25.0 Å². The van der Waals surface area contributed by atoms with E-state index >= 15 is 0 Å². The molecule has 202 valence electrons. The lowest BCUT2D eigenvalue weighted by molar-refractivity contribution is -0.132. The van der Waals surface area contributed by atoms with E-state index in [0.29, 0.717) is 51.2 Å². The summed E-state index contributed by atoms with van der Waals surface area (Å²) in [4.78, 5) is 47.8. The predicted octanol–water partition coefficient (Wildman–Crippen LogP) is -0.915. The number of ether oxygens (including phenoxy) is 2. The number of amides is 5. The molecule has 5 amide bonds. The summed E-state index contributed by atoms with van der Waals surface area (Å²) in [7, 11) is 0. The van der Waals surface area contributed by atoms with Crippen molar-refractivity contribution in [2.45, 2.75) is 55.7 Å². The summed E-state index contributed by atoms with van der Waals surface area (Å²) < 4.78 is 10.8. The van der Waals surface area contributed by atoms with Crippen LogP contribution in [0.2, 0.25) is 0 Å². The van der Waals surface area contributed by atoms with E-state index in [1.807, 2.05) is 11.8 Å². The predicted molar refractivity (Wildman–Crippen MR) is 133 cm³/mol. The number of hydrogen-bond donors (Lipinski definition) is 5. The number of carbonyl (C=O) groups excluding carboxylic acids is 4. The molecule has 0 bridgehead atoms. The number of fused-ring (bicyclic) bond motifs is 1. The monoisotopic (exact) mass is 527 g/mol. The second-order valence-corrected chi connectivity index (χ2v) is 10.1. The Morgan fingerprint density at radius 2 is 1.72 bits per heavy atom. The fourth-order valence-corrected chi connectivity index (χ4v) is 5.80. The second kappa shape index (κ2) is 15.0. The molecule has 0 spiro atoms. The van der Waals surface area contributed by atoms with E-state index in [1.54, 1.807) is 0 Å². The Labute approximate surface area is 215 Å². The molecule has 2 fully saturated rings. The van der Waals surface area contributed by atoms with Gasteiger partial charge in [0, 0.05) is 49.6 Å². The third-order valence-electron chi connectivity index (χ3n) is 6.18. The Balaban J connectivity index is 1.06. The second-order valence-electron chi connectivity index (χ2n) is 8.85. The normalized spacial score (nSPS) is 24.5. The number of rotatable bonds is 17. The van der Waals surface area contributed by atoms with Crippen molar-refractivity contribution in [2.75, 3.05) is 51.8 Å². The zero-order valence-corrected chi connectivity index (χ0v) is 21.2. The number of nitrogens with zero attached hydrogens (tertiary/aromatic N) is 1. The molecule has 0 saturated carbocycles. The smallest absolute Gasteiger partial charge is 0.315 e. The minimum atomic E-state index is -0.960. The average Bonchev–Trinajstić information content (AvgIpc) is 3.50. The van der Waals surface area contributed by atoms with Crippen molar-refractivity contribution in [3.63, 3.8) is 0 Å². The van der Waals surface area contributed by atoms with Crippen molar-refractivity contribution < 1.29 is 33.8 Å². The highest BCUT2D eigenvalue weighted by atomic mass is 32.2. The van der Waals surface area contributed by atoms with Crippen LogP contribution in [0.3, 0.4) is 0 Å². The summed E-state index contributed by atoms with van der Waals surface area (Å²) in [5.74, 6) is 0.441. The van der Waals surface area contributed by atoms with Crippen molar-refractivity contribution in [1.82, 2.24) is 26.2 Å². The Morgan fingerprint density at radius 1 is 1.03 bits per heavy atom. The molecule has 13 heteroatoms. The summed E-state index contributed by atoms with van der Waals surface area (Å²) in [6.07, 6.45) is 5.08. The van der Waals surface area contributed by atoms with E-state index in [1.165, 1.54) is 17.1 Å². The Kier molecular flexibility index (Phi) is 11.8. The lowest BCUT2D eigenvalue weighted by atomic mass is 10.0. The minimum Gasteiger partial charge on any atom is -0.377 e. The summed E-state index contributed by atoms with van der Waals surface area (Å²) in [6.45, 7) is 2.44. The van der Waals surface area contributed by atoms with Crippen LogP contribution in [0.1, 0.15) is 32.1 Å². The molecule has 0 aromatic carbocycles. The van der Waals surface area contributed by atoms with E-state index in [9.17, 15) is 24.3 Å². The zero-order chi connectivity index (χ0) is 25.8. The highest BCUT2D eigenvalue weighted by molar-refractivity contribution is 8.00.